The Kier molecular flexibility index (Phi) is 5.84. The van der Waals surface area contributed by atoms with E-state index in [0.29, 0.717) is 18.5 Å². The average Bonchev–Trinajstić information content (AvgIpc) is 2.75. The van der Waals surface area contributed by atoms with Crippen LogP contribution >= 0.6 is 0 Å². The van der Waals surface area contributed by atoms with Crippen LogP contribution in [-0.4, -0.2) is 15.9 Å². The molecule has 0 radical (unpaired) electrons. The van der Waals surface area contributed by atoms with Gasteiger partial charge in [0.15, 0.2) is 0 Å². The second-order valence-corrected chi connectivity index (χ2v) is 7.84. The van der Waals surface area contributed by atoms with Crippen molar-refractivity contribution in [3.8, 4) is 0 Å². The van der Waals surface area contributed by atoms with Crippen LogP contribution in [0.15, 0.2) is 72.9 Å². The van der Waals surface area contributed by atoms with Crippen molar-refractivity contribution in [1.82, 2.24) is 9.88 Å². The van der Waals surface area contributed by atoms with E-state index in [4.69, 9.17) is 5.73 Å². The van der Waals surface area contributed by atoms with Gasteiger partial charge >= 0.3 is 0 Å². The molecule has 28 heavy (non-hydrogen) atoms. The second kappa shape index (κ2) is 8.68. The Morgan fingerprint density at radius 2 is 1.68 bits per heavy atom. The Bertz CT molecular complexity index is 889. The number of hydrogen-bond donors (Lipinski definition) is 1. The third-order valence-electron chi connectivity index (χ3n) is 6.04. The first kappa shape index (κ1) is 18.9. The van der Waals surface area contributed by atoms with Crippen LogP contribution in [0.3, 0.4) is 0 Å². The first-order valence-corrected chi connectivity index (χ1v) is 10.2. The molecule has 3 nitrogen and oxygen atoms in total. The Morgan fingerprint density at radius 1 is 0.929 bits per heavy atom. The molecule has 2 aromatic carbocycles. The molecule has 2 N–H and O–H groups in total. The van der Waals surface area contributed by atoms with E-state index < -0.39 is 0 Å². The monoisotopic (exact) mass is 371 g/mol. The van der Waals surface area contributed by atoms with E-state index in [1.54, 1.807) is 0 Å². The number of nitrogens with two attached hydrogens (primary N) is 1. The first-order valence-electron chi connectivity index (χ1n) is 10.2. The summed E-state index contributed by atoms with van der Waals surface area (Å²) >= 11 is 0. The molecule has 3 heteroatoms. The van der Waals surface area contributed by atoms with Gasteiger partial charge in [-0.15, -0.1) is 0 Å². The summed E-state index contributed by atoms with van der Waals surface area (Å²) in [6.07, 6.45) is 4.23. The van der Waals surface area contributed by atoms with Gasteiger partial charge in [0.2, 0.25) is 0 Å². The van der Waals surface area contributed by atoms with Crippen molar-refractivity contribution >= 4 is 0 Å². The van der Waals surface area contributed by atoms with Crippen LogP contribution < -0.4 is 5.73 Å². The maximum absolute atomic E-state index is 5.76. The molecule has 2 unspecified atom stereocenters. The largest absolute Gasteiger partial charge is 0.326 e. The van der Waals surface area contributed by atoms with E-state index in [1.807, 2.05) is 12.3 Å². The average molecular weight is 372 g/mol. The van der Waals surface area contributed by atoms with E-state index in [1.165, 1.54) is 28.7 Å². The lowest BCUT2D eigenvalue weighted by Gasteiger charge is -2.39. The third kappa shape index (κ3) is 4.16. The normalized spacial score (nSPS) is 18.8. The van der Waals surface area contributed by atoms with Crippen LogP contribution in [0.5, 0.6) is 0 Å². The summed E-state index contributed by atoms with van der Waals surface area (Å²) < 4.78 is 0. The number of benzene rings is 2. The van der Waals surface area contributed by atoms with Crippen LogP contribution in [0.4, 0.5) is 0 Å². The summed E-state index contributed by atoms with van der Waals surface area (Å²) in [6, 6.07) is 24.4. The Hall–Kier alpha value is -2.49. The molecule has 4 rings (SSSR count). The van der Waals surface area contributed by atoms with Crippen molar-refractivity contribution in [3.63, 3.8) is 0 Å². The fourth-order valence-electron chi connectivity index (χ4n) is 4.47. The molecule has 0 saturated heterocycles. The number of nitrogens with zero attached hydrogens (tertiary/aromatic N) is 2. The predicted octanol–water partition coefficient (Wildman–Crippen LogP) is 4.66. The zero-order chi connectivity index (χ0) is 19.3. The molecule has 0 amide bonds. The van der Waals surface area contributed by atoms with Gasteiger partial charge in [-0.1, -0.05) is 61.5 Å². The first-order chi connectivity index (χ1) is 13.7. The highest BCUT2D eigenvalue weighted by molar-refractivity contribution is 5.34. The highest BCUT2D eigenvalue weighted by atomic mass is 15.2. The molecule has 1 heterocycles. The number of fused-ring (bicyclic) bond motifs is 1. The molecule has 1 aliphatic rings. The van der Waals surface area contributed by atoms with E-state index in [0.717, 1.165) is 25.2 Å². The van der Waals surface area contributed by atoms with Gasteiger partial charge in [0, 0.05) is 31.9 Å². The van der Waals surface area contributed by atoms with Gasteiger partial charge in [-0.3, -0.25) is 9.88 Å². The van der Waals surface area contributed by atoms with Gasteiger partial charge in [0.05, 0.1) is 5.69 Å². The lowest BCUT2D eigenvalue weighted by Crippen LogP contribution is -2.40. The maximum atomic E-state index is 5.76. The van der Waals surface area contributed by atoms with E-state index in [2.05, 4.69) is 77.5 Å². The van der Waals surface area contributed by atoms with E-state index >= 15 is 0 Å². The molecule has 2 atom stereocenters. The van der Waals surface area contributed by atoms with Crippen LogP contribution in [0.2, 0.25) is 0 Å². The van der Waals surface area contributed by atoms with Crippen LogP contribution in [0.25, 0.3) is 0 Å². The standard InChI is InChI=1S/C25H29N3/c1-19-24-8-3-2-6-22(24)13-14-25(19)28(18-23-7-4-5-15-27-23)17-21-11-9-20(16-26)10-12-21/h2-12,15,19,25H,13-14,16-18,26H2,1H3. The minimum absolute atomic E-state index is 0.506. The predicted molar refractivity (Wildman–Crippen MR) is 115 cm³/mol. The Morgan fingerprint density at radius 3 is 2.43 bits per heavy atom. The lowest BCUT2D eigenvalue weighted by atomic mass is 9.79. The summed E-state index contributed by atoms with van der Waals surface area (Å²) in [5, 5.41) is 0. The minimum atomic E-state index is 0.506. The summed E-state index contributed by atoms with van der Waals surface area (Å²) in [6.45, 7) is 4.77. The third-order valence-corrected chi connectivity index (χ3v) is 6.04. The van der Waals surface area contributed by atoms with Crippen LogP contribution in [-0.2, 0) is 26.1 Å². The van der Waals surface area contributed by atoms with Crippen LogP contribution in [0.1, 0.15) is 47.2 Å². The number of aromatic nitrogens is 1. The van der Waals surface area contributed by atoms with E-state index in [9.17, 15) is 0 Å². The van der Waals surface area contributed by atoms with E-state index in [-0.39, 0.29) is 0 Å². The maximum Gasteiger partial charge on any atom is 0.0544 e. The number of aryl methyl sites for hydroxylation is 1. The molecule has 3 aromatic rings. The summed E-state index contributed by atoms with van der Waals surface area (Å²) in [5.41, 5.74) is 12.4. The zero-order valence-electron chi connectivity index (χ0n) is 16.6. The second-order valence-electron chi connectivity index (χ2n) is 7.84. The van der Waals surface area contributed by atoms with Crippen LogP contribution in [0, 0.1) is 0 Å². The molecule has 144 valence electrons. The zero-order valence-corrected chi connectivity index (χ0v) is 16.6. The molecule has 0 saturated carbocycles. The molecule has 0 aliphatic heterocycles. The smallest absolute Gasteiger partial charge is 0.0544 e. The molecule has 0 spiro atoms. The van der Waals surface area contributed by atoms with Crippen molar-refractivity contribution in [3.05, 3.63) is 101 Å². The molecular formula is C25H29N3. The van der Waals surface area contributed by atoms with Gasteiger partial charge in [-0.05, 0) is 53.1 Å². The van der Waals surface area contributed by atoms with Crippen molar-refractivity contribution in [2.24, 2.45) is 5.73 Å². The van der Waals surface area contributed by atoms with Crippen molar-refractivity contribution in [1.29, 1.82) is 0 Å². The number of pyridine rings is 1. The quantitative estimate of drug-likeness (QED) is 0.685. The fourth-order valence-corrected chi connectivity index (χ4v) is 4.47. The van der Waals surface area contributed by atoms with Gasteiger partial charge in [-0.2, -0.15) is 0 Å². The van der Waals surface area contributed by atoms with Crippen molar-refractivity contribution in [2.45, 2.75) is 51.4 Å². The molecular weight excluding hydrogens is 342 g/mol. The minimum Gasteiger partial charge on any atom is -0.326 e. The molecule has 1 aromatic heterocycles. The summed E-state index contributed by atoms with van der Waals surface area (Å²) in [4.78, 5) is 7.21. The lowest BCUT2D eigenvalue weighted by molar-refractivity contribution is 0.140. The highest BCUT2D eigenvalue weighted by Gasteiger charge is 2.30. The summed E-state index contributed by atoms with van der Waals surface area (Å²) in [7, 11) is 0. The van der Waals surface area contributed by atoms with Gasteiger partial charge in [0.25, 0.3) is 0 Å². The van der Waals surface area contributed by atoms with Gasteiger partial charge < -0.3 is 5.73 Å². The summed E-state index contributed by atoms with van der Waals surface area (Å²) in [5.74, 6) is 0.511. The molecule has 0 fully saturated rings. The van der Waals surface area contributed by atoms with Gasteiger partial charge in [0.1, 0.15) is 0 Å². The van der Waals surface area contributed by atoms with Crippen molar-refractivity contribution in [2.75, 3.05) is 0 Å². The Balaban J connectivity index is 1.60. The SMILES string of the molecule is CC1c2ccccc2CCC1N(Cc1ccc(CN)cc1)Cc1ccccn1. The molecule has 0 bridgehead atoms. The Labute approximate surface area is 168 Å². The number of rotatable bonds is 6. The fraction of sp³-hybridized carbons (Fsp3) is 0.320. The number of hydrogen-bond acceptors (Lipinski definition) is 3. The molecule has 1 aliphatic carbocycles. The highest BCUT2D eigenvalue weighted by Crippen LogP contribution is 2.35. The topological polar surface area (TPSA) is 42.1 Å². The van der Waals surface area contributed by atoms with Gasteiger partial charge in [-0.25, -0.2) is 0 Å². The van der Waals surface area contributed by atoms with Crippen molar-refractivity contribution < 1.29 is 0 Å².